The summed E-state index contributed by atoms with van der Waals surface area (Å²) in [6.07, 6.45) is 5.03. The van der Waals surface area contributed by atoms with E-state index < -0.39 is 0 Å². The fourth-order valence-electron chi connectivity index (χ4n) is 3.66. The normalized spacial score (nSPS) is 17.3. The molecule has 6 heteroatoms. The number of nitrogens with zero attached hydrogens (tertiary/aromatic N) is 2. The van der Waals surface area contributed by atoms with E-state index in [-0.39, 0.29) is 0 Å². The zero-order valence-electron chi connectivity index (χ0n) is 15.1. The zero-order valence-corrected chi connectivity index (χ0v) is 17.4. The summed E-state index contributed by atoms with van der Waals surface area (Å²) in [7, 11) is 0. The van der Waals surface area contributed by atoms with Crippen molar-refractivity contribution in [3.05, 3.63) is 45.0 Å². The fourth-order valence-corrected chi connectivity index (χ4v) is 5.39. The van der Waals surface area contributed by atoms with Crippen LogP contribution < -0.4 is 5.32 Å². The predicted octanol–water partition coefficient (Wildman–Crippen LogP) is 6.89. The minimum atomic E-state index is 0.331. The van der Waals surface area contributed by atoms with Crippen LogP contribution in [0, 0.1) is 11.3 Å². The van der Waals surface area contributed by atoms with Crippen LogP contribution in [0.1, 0.15) is 37.6 Å². The van der Waals surface area contributed by atoms with E-state index in [1.807, 2.05) is 12.1 Å². The second-order valence-corrected chi connectivity index (χ2v) is 9.89. The molecule has 3 aromatic rings. The molecule has 0 amide bonds. The van der Waals surface area contributed by atoms with Crippen molar-refractivity contribution in [1.29, 1.82) is 0 Å². The summed E-state index contributed by atoms with van der Waals surface area (Å²) < 4.78 is 0. The first-order chi connectivity index (χ1) is 12.3. The van der Waals surface area contributed by atoms with Crippen molar-refractivity contribution in [1.82, 2.24) is 9.97 Å². The molecule has 0 fully saturated rings. The average molecular weight is 406 g/mol. The van der Waals surface area contributed by atoms with E-state index >= 15 is 0 Å². The first-order valence-electron chi connectivity index (χ1n) is 8.80. The summed E-state index contributed by atoms with van der Waals surface area (Å²) >= 11 is 14.1. The van der Waals surface area contributed by atoms with Crippen LogP contribution in [0.25, 0.3) is 10.2 Å². The Kier molecular flexibility index (Phi) is 4.62. The highest BCUT2D eigenvalue weighted by Crippen LogP contribution is 2.44. The highest BCUT2D eigenvalue weighted by atomic mass is 35.5. The topological polar surface area (TPSA) is 37.8 Å². The Labute approximate surface area is 167 Å². The van der Waals surface area contributed by atoms with E-state index in [1.165, 1.54) is 16.9 Å². The maximum absolute atomic E-state index is 6.33. The van der Waals surface area contributed by atoms with Gasteiger partial charge in [-0.15, -0.1) is 11.3 Å². The van der Waals surface area contributed by atoms with Crippen molar-refractivity contribution in [2.75, 3.05) is 5.32 Å². The number of aryl methyl sites for hydroxylation is 1. The summed E-state index contributed by atoms with van der Waals surface area (Å²) in [4.78, 5) is 11.5. The molecule has 1 aliphatic carbocycles. The number of halogens is 2. The van der Waals surface area contributed by atoms with Crippen LogP contribution in [0.2, 0.25) is 10.0 Å². The third-order valence-corrected chi connectivity index (χ3v) is 6.96. The molecule has 0 aliphatic heterocycles. The van der Waals surface area contributed by atoms with Crippen molar-refractivity contribution in [2.24, 2.45) is 11.3 Å². The van der Waals surface area contributed by atoms with Crippen LogP contribution in [0.5, 0.6) is 0 Å². The lowest BCUT2D eigenvalue weighted by Crippen LogP contribution is -2.26. The summed E-state index contributed by atoms with van der Waals surface area (Å²) in [6.45, 7) is 7.02. The van der Waals surface area contributed by atoms with Gasteiger partial charge < -0.3 is 5.32 Å². The summed E-state index contributed by atoms with van der Waals surface area (Å²) in [5.74, 6) is 1.53. The monoisotopic (exact) mass is 405 g/mol. The van der Waals surface area contributed by atoms with Gasteiger partial charge in [-0.1, -0.05) is 44.0 Å². The van der Waals surface area contributed by atoms with Crippen molar-refractivity contribution >= 4 is 56.3 Å². The maximum Gasteiger partial charge on any atom is 0.142 e. The van der Waals surface area contributed by atoms with Crippen molar-refractivity contribution < 1.29 is 0 Å². The molecule has 1 atom stereocenters. The number of hydrogen-bond donors (Lipinski definition) is 1. The van der Waals surface area contributed by atoms with Gasteiger partial charge in [0.05, 0.1) is 16.1 Å². The van der Waals surface area contributed by atoms with Gasteiger partial charge >= 0.3 is 0 Å². The number of aromatic nitrogens is 2. The Morgan fingerprint density at radius 2 is 2.00 bits per heavy atom. The first kappa shape index (κ1) is 18.0. The molecule has 1 N–H and O–H groups in total. The van der Waals surface area contributed by atoms with Gasteiger partial charge in [0.25, 0.3) is 0 Å². The Balaban J connectivity index is 1.75. The van der Waals surface area contributed by atoms with E-state index in [0.29, 0.717) is 21.4 Å². The van der Waals surface area contributed by atoms with Gasteiger partial charge in [-0.25, -0.2) is 9.97 Å². The van der Waals surface area contributed by atoms with Gasteiger partial charge in [0, 0.05) is 9.90 Å². The Hall–Kier alpha value is -1.36. The van der Waals surface area contributed by atoms with E-state index in [4.69, 9.17) is 23.2 Å². The minimum Gasteiger partial charge on any atom is -0.338 e. The number of fused-ring (bicyclic) bond motifs is 3. The second-order valence-electron chi connectivity index (χ2n) is 7.96. The predicted molar refractivity (Wildman–Crippen MR) is 112 cm³/mol. The average Bonchev–Trinajstić information content (AvgIpc) is 2.95. The standard InChI is InChI=1S/C20H21Cl2N3S/c1-20(2,3)11-4-6-13-16(8-11)26-19-17(13)18(23-10-24-19)25-15-7-5-12(21)9-14(15)22/h5,7,9-11H,4,6,8H2,1-3H3,(H,23,24,25). The molecule has 0 saturated heterocycles. The van der Waals surface area contributed by atoms with Crippen LogP contribution in [0.15, 0.2) is 24.5 Å². The van der Waals surface area contributed by atoms with Gasteiger partial charge in [-0.05, 0) is 54.4 Å². The molecule has 1 aliphatic rings. The molecule has 0 radical (unpaired) electrons. The van der Waals surface area contributed by atoms with Crippen molar-refractivity contribution in [3.63, 3.8) is 0 Å². The van der Waals surface area contributed by atoms with Crippen LogP contribution in [0.3, 0.4) is 0 Å². The third kappa shape index (κ3) is 3.30. The number of thiophene rings is 1. The molecule has 1 unspecified atom stereocenters. The van der Waals surface area contributed by atoms with Gasteiger partial charge in [-0.2, -0.15) is 0 Å². The summed E-state index contributed by atoms with van der Waals surface area (Å²) in [5, 5.41) is 5.73. The van der Waals surface area contributed by atoms with Gasteiger partial charge in [-0.3, -0.25) is 0 Å². The molecule has 2 heterocycles. The molecule has 3 nitrogen and oxygen atoms in total. The summed E-state index contributed by atoms with van der Waals surface area (Å²) in [5.41, 5.74) is 2.54. The highest BCUT2D eigenvalue weighted by molar-refractivity contribution is 7.19. The summed E-state index contributed by atoms with van der Waals surface area (Å²) in [6, 6.07) is 5.44. The van der Waals surface area contributed by atoms with Crippen LogP contribution in [-0.2, 0) is 12.8 Å². The molecule has 0 bridgehead atoms. The van der Waals surface area contributed by atoms with E-state index in [2.05, 4.69) is 36.1 Å². The van der Waals surface area contributed by atoms with Crippen molar-refractivity contribution in [2.45, 2.75) is 40.0 Å². The van der Waals surface area contributed by atoms with Gasteiger partial charge in [0.1, 0.15) is 17.0 Å². The van der Waals surface area contributed by atoms with Crippen LogP contribution in [-0.4, -0.2) is 9.97 Å². The minimum absolute atomic E-state index is 0.331. The second kappa shape index (κ2) is 6.66. The smallest absolute Gasteiger partial charge is 0.142 e. The number of anilines is 2. The number of hydrogen-bond acceptors (Lipinski definition) is 4. The van der Waals surface area contributed by atoms with Crippen LogP contribution in [0.4, 0.5) is 11.5 Å². The molecule has 26 heavy (non-hydrogen) atoms. The maximum atomic E-state index is 6.33. The zero-order chi connectivity index (χ0) is 18.5. The number of benzene rings is 1. The quantitative estimate of drug-likeness (QED) is 0.503. The Bertz CT molecular complexity index is 975. The molecule has 0 saturated carbocycles. The molecule has 1 aromatic carbocycles. The lowest BCUT2D eigenvalue weighted by Gasteiger charge is -2.33. The third-order valence-electron chi connectivity index (χ3n) is 5.25. The lowest BCUT2D eigenvalue weighted by atomic mass is 9.72. The highest BCUT2D eigenvalue weighted by Gasteiger charge is 2.31. The SMILES string of the molecule is CC(C)(C)C1CCc2c(sc3ncnc(Nc4ccc(Cl)cc4Cl)c23)C1. The van der Waals surface area contributed by atoms with E-state index in [9.17, 15) is 0 Å². The van der Waals surface area contributed by atoms with Crippen molar-refractivity contribution in [3.8, 4) is 0 Å². The van der Waals surface area contributed by atoms with E-state index in [0.717, 1.165) is 34.6 Å². The largest absolute Gasteiger partial charge is 0.338 e. The lowest BCUT2D eigenvalue weighted by molar-refractivity contribution is 0.218. The van der Waals surface area contributed by atoms with Gasteiger partial charge in [0.15, 0.2) is 0 Å². The fraction of sp³-hybridized carbons (Fsp3) is 0.400. The van der Waals surface area contributed by atoms with Crippen LogP contribution >= 0.6 is 34.5 Å². The Morgan fingerprint density at radius 1 is 1.19 bits per heavy atom. The molecule has 2 aromatic heterocycles. The number of rotatable bonds is 2. The molecule has 136 valence electrons. The van der Waals surface area contributed by atoms with E-state index in [1.54, 1.807) is 23.7 Å². The first-order valence-corrected chi connectivity index (χ1v) is 10.4. The number of nitrogens with one attached hydrogen (secondary N) is 1. The Morgan fingerprint density at radius 3 is 2.73 bits per heavy atom. The molecule has 0 spiro atoms. The molecular weight excluding hydrogens is 385 g/mol. The van der Waals surface area contributed by atoms with Gasteiger partial charge in [0.2, 0.25) is 0 Å². The molecular formula is C20H21Cl2N3S. The molecule has 4 rings (SSSR count).